The highest BCUT2D eigenvalue weighted by molar-refractivity contribution is 5.95. The highest BCUT2D eigenvalue weighted by atomic mass is 16.6. The van der Waals surface area contributed by atoms with E-state index in [1.807, 2.05) is 0 Å². The second-order valence-electron chi connectivity index (χ2n) is 9.87. The smallest absolute Gasteiger partial charge is 0.341 e. The largest absolute Gasteiger partial charge is 0.504 e. The van der Waals surface area contributed by atoms with Crippen LogP contribution in [0.15, 0.2) is 11.3 Å². The minimum absolute atomic E-state index is 0.105. The van der Waals surface area contributed by atoms with Crippen LogP contribution in [0, 0.1) is 28.6 Å². The molecule has 0 radical (unpaired) electrons. The zero-order chi connectivity index (χ0) is 22.7. The molecule has 2 unspecified atom stereocenters. The Morgan fingerprint density at radius 2 is 1.87 bits per heavy atom. The van der Waals surface area contributed by atoms with Crippen molar-refractivity contribution in [3.8, 4) is 0 Å². The Morgan fingerprint density at radius 1 is 1.19 bits per heavy atom. The molecule has 5 aliphatic rings. The maximum absolute atomic E-state index is 12.9. The van der Waals surface area contributed by atoms with Crippen molar-refractivity contribution in [2.45, 2.75) is 56.7 Å². The first-order valence-corrected chi connectivity index (χ1v) is 10.4. The minimum atomic E-state index is -2.14. The molecule has 0 aromatic rings. The van der Waals surface area contributed by atoms with Crippen LogP contribution in [0.3, 0.4) is 0 Å². The van der Waals surface area contributed by atoms with Gasteiger partial charge in [0.1, 0.15) is 12.2 Å². The van der Waals surface area contributed by atoms with Gasteiger partial charge in [-0.2, -0.15) is 0 Å². The van der Waals surface area contributed by atoms with Gasteiger partial charge in [-0.05, 0) is 30.3 Å². The summed E-state index contributed by atoms with van der Waals surface area (Å²) in [6, 6.07) is 0. The topological polar surface area (TPSA) is 160 Å². The molecule has 5 rings (SSSR count). The molecule has 2 saturated carbocycles. The van der Waals surface area contributed by atoms with E-state index in [1.54, 1.807) is 13.8 Å². The van der Waals surface area contributed by atoms with Gasteiger partial charge in [0.05, 0.1) is 25.7 Å². The summed E-state index contributed by atoms with van der Waals surface area (Å²) >= 11 is 0. The number of hydrogen-bond donors (Lipinski definition) is 4. The van der Waals surface area contributed by atoms with E-state index in [0.29, 0.717) is 5.57 Å². The van der Waals surface area contributed by atoms with Crippen molar-refractivity contribution in [3.63, 3.8) is 0 Å². The van der Waals surface area contributed by atoms with E-state index in [1.165, 1.54) is 0 Å². The van der Waals surface area contributed by atoms with Gasteiger partial charge in [-0.1, -0.05) is 6.92 Å². The first-order valence-electron chi connectivity index (χ1n) is 10.4. The lowest BCUT2D eigenvalue weighted by molar-refractivity contribution is -0.288. The molecular weight excluding hydrogens is 412 g/mol. The van der Waals surface area contributed by atoms with E-state index in [4.69, 9.17) is 14.2 Å². The summed E-state index contributed by atoms with van der Waals surface area (Å²) in [6.45, 7) is 3.24. The molecule has 2 heterocycles. The van der Waals surface area contributed by atoms with Crippen LogP contribution in [0.25, 0.3) is 0 Å². The van der Waals surface area contributed by atoms with Crippen molar-refractivity contribution >= 4 is 17.7 Å². The van der Waals surface area contributed by atoms with Gasteiger partial charge in [-0.3, -0.25) is 4.79 Å². The van der Waals surface area contributed by atoms with Crippen molar-refractivity contribution in [2.75, 3.05) is 13.7 Å². The Bertz CT molecular complexity index is 927. The van der Waals surface area contributed by atoms with Gasteiger partial charge < -0.3 is 34.6 Å². The molecule has 0 aromatic carbocycles. The predicted octanol–water partition coefficient (Wildman–Crippen LogP) is -1.00. The fourth-order valence-corrected chi connectivity index (χ4v) is 7.76. The van der Waals surface area contributed by atoms with E-state index < -0.39 is 76.3 Å². The Morgan fingerprint density at radius 3 is 2.52 bits per heavy atom. The number of aliphatic hydroxyl groups excluding tert-OH is 4. The zero-order valence-corrected chi connectivity index (χ0v) is 17.4. The maximum Gasteiger partial charge on any atom is 0.341 e. The molecule has 4 N–H and O–H groups in total. The standard InChI is InChI=1S/C21H26O10/c1-7-8-4-10-20-6-30-21(18(28)29-3,15(20)13(25)17(27)31-10)16(26)12(24)14(20)19(8,2)5-9(22)11(7)23/h8,10,12-16,23-26H,4-6H2,1-3H3/t8?,10-,12-,13-,14?,15-,16+,19+,20-,21+/m1/s1. The summed E-state index contributed by atoms with van der Waals surface area (Å²) in [5.41, 5.74) is -3.88. The highest BCUT2D eigenvalue weighted by Gasteiger charge is 2.84. The number of Topliss-reactive ketones (excluding diaryl/α,β-unsaturated/α-hetero) is 1. The molecule has 170 valence electrons. The van der Waals surface area contributed by atoms with Gasteiger partial charge in [-0.25, -0.2) is 9.59 Å². The van der Waals surface area contributed by atoms with Gasteiger partial charge >= 0.3 is 11.9 Å². The number of hydrogen-bond acceptors (Lipinski definition) is 10. The number of carbonyl (C=O) groups is 3. The van der Waals surface area contributed by atoms with E-state index >= 15 is 0 Å². The number of allylic oxidation sites excluding steroid dienone is 2. The third kappa shape index (κ3) is 2.05. The number of ketones is 1. The zero-order valence-electron chi connectivity index (χ0n) is 17.4. The van der Waals surface area contributed by atoms with Crippen LogP contribution in [-0.4, -0.2) is 81.9 Å². The van der Waals surface area contributed by atoms with E-state index in [9.17, 15) is 34.8 Å². The van der Waals surface area contributed by atoms with E-state index in [2.05, 4.69) is 0 Å². The molecule has 10 atom stereocenters. The Kier molecular flexibility index (Phi) is 4.08. The number of carbonyl (C=O) groups excluding carboxylic acids is 3. The number of methoxy groups -OCH3 is 1. The summed E-state index contributed by atoms with van der Waals surface area (Å²) in [5, 5.41) is 43.7. The Balaban J connectivity index is 1.77. The molecule has 4 fully saturated rings. The third-order valence-electron chi connectivity index (χ3n) is 8.86. The Hall–Kier alpha value is -2.01. The van der Waals surface area contributed by atoms with Crippen molar-refractivity contribution in [3.05, 3.63) is 11.3 Å². The fraction of sp³-hybridized carbons (Fsp3) is 0.762. The van der Waals surface area contributed by atoms with Crippen molar-refractivity contribution in [1.82, 2.24) is 0 Å². The van der Waals surface area contributed by atoms with Crippen LogP contribution in [0.2, 0.25) is 0 Å². The van der Waals surface area contributed by atoms with E-state index in [-0.39, 0.29) is 25.2 Å². The predicted molar refractivity (Wildman–Crippen MR) is 99.2 cm³/mol. The van der Waals surface area contributed by atoms with Gasteiger partial charge in [0.2, 0.25) is 0 Å². The summed E-state index contributed by atoms with van der Waals surface area (Å²) < 4.78 is 16.3. The molecule has 10 nitrogen and oxygen atoms in total. The molecule has 10 heteroatoms. The third-order valence-corrected chi connectivity index (χ3v) is 8.86. The van der Waals surface area contributed by atoms with Gasteiger partial charge in [0.15, 0.2) is 23.2 Å². The summed E-state index contributed by atoms with van der Waals surface area (Å²) in [7, 11) is 1.09. The Labute approximate surface area is 177 Å². The van der Waals surface area contributed by atoms with Gasteiger partial charge in [0.25, 0.3) is 0 Å². The molecule has 2 saturated heterocycles. The molecule has 0 aromatic heterocycles. The van der Waals surface area contributed by atoms with Crippen LogP contribution in [0.4, 0.5) is 0 Å². The molecule has 1 spiro atoms. The highest BCUT2D eigenvalue weighted by Crippen LogP contribution is 2.72. The lowest BCUT2D eigenvalue weighted by Gasteiger charge is -2.67. The number of aliphatic hydroxyl groups is 4. The van der Waals surface area contributed by atoms with Gasteiger partial charge in [0, 0.05) is 17.8 Å². The van der Waals surface area contributed by atoms with Crippen molar-refractivity contribution in [2.24, 2.45) is 28.6 Å². The maximum atomic E-state index is 12.9. The second-order valence-corrected chi connectivity index (χ2v) is 9.87. The first-order chi connectivity index (χ1) is 14.5. The average Bonchev–Trinajstić information content (AvgIpc) is 3.03. The molecule has 0 amide bonds. The average molecular weight is 438 g/mol. The lowest BCUT2D eigenvalue weighted by atomic mass is 9.38. The van der Waals surface area contributed by atoms with Crippen molar-refractivity contribution in [1.29, 1.82) is 0 Å². The quantitative estimate of drug-likeness (QED) is 0.374. The minimum Gasteiger partial charge on any atom is -0.504 e. The van der Waals surface area contributed by atoms with Crippen LogP contribution >= 0.6 is 0 Å². The molecule has 2 bridgehead atoms. The summed E-state index contributed by atoms with van der Waals surface area (Å²) in [6.07, 6.45) is -5.87. The molecular formula is C21H26O10. The second kappa shape index (κ2) is 6.06. The first kappa shape index (κ1) is 20.9. The van der Waals surface area contributed by atoms with Crippen molar-refractivity contribution < 1.29 is 49.0 Å². The normalized spacial score (nSPS) is 52.9. The summed E-state index contributed by atoms with van der Waals surface area (Å²) in [4.78, 5) is 38.1. The van der Waals surface area contributed by atoms with Crippen LogP contribution in [-0.2, 0) is 28.6 Å². The number of esters is 2. The van der Waals surface area contributed by atoms with Gasteiger partial charge in [-0.15, -0.1) is 0 Å². The SMILES string of the molecule is COC(=O)[C@@]12OC[C@]34C([C@@H](O)[C@@H]1O)[C@@]1(C)CC(=O)C(O)=C(C)C1C[C@H]3OC(=O)[C@H](O)[C@@H]24. The number of rotatable bonds is 1. The fourth-order valence-electron chi connectivity index (χ4n) is 7.76. The summed E-state index contributed by atoms with van der Waals surface area (Å²) in [5.74, 6) is -5.28. The molecule has 2 aliphatic heterocycles. The molecule has 3 aliphatic carbocycles. The van der Waals surface area contributed by atoms with Crippen LogP contribution in [0.1, 0.15) is 26.7 Å². The number of fused-ring (bicyclic) bond motifs is 2. The van der Waals surface area contributed by atoms with Crippen LogP contribution < -0.4 is 0 Å². The molecule has 31 heavy (non-hydrogen) atoms. The monoisotopic (exact) mass is 438 g/mol. The lowest BCUT2D eigenvalue weighted by Crippen LogP contribution is -2.79. The van der Waals surface area contributed by atoms with E-state index in [0.717, 1.165) is 7.11 Å². The number of ether oxygens (including phenoxy) is 3. The van der Waals surface area contributed by atoms with Crippen LogP contribution in [0.5, 0.6) is 0 Å².